The average molecular weight is 500 g/mol. The van der Waals surface area contributed by atoms with Gasteiger partial charge in [0.2, 0.25) is 5.88 Å². The highest BCUT2D eigenvalue weighted by molar-refractivity contribution is 6.20. The molecule has 2 heterocycles. The number of fused-ring (bicyclic) bond motifs is 1. The van der Waals surface area contributed by atoms with Crippen LogP contribution < -0.4 is 5.11 Å². The molecular weight excluding hydrogens is 474 g/mol. The molecule has 36 heavy (non-hydrogen) atoms. The number of ketones is 1. The van der Waals surface area contributed by atoms with Gasteiger partial charge in [0.15, 0.2) is 5.78 Å². The molecule has 1 aromatic carbocycles. The van der Waals surface area contributed by atoms with E-state index < -0.39 is 53.1 Å². The fourth-order valence-corrected chi connectivity index (χ4v) is 4.23. The summed E-state index contributed by atoms with van der Waals surface area (Å²) >= 11 is 0. The second-order valence-electron chi connectivity index (χ2n) is 7.86. The summed E-state index contributed by atoms with van der Waals surface area (Å²) in [5.74, 6) is -5.53. The van der Waals surface area contributed by atoms with E-state index in [1.54, 1.807) is 32.0 Å². The molecule has 0 amide bonds. The normalized spacial score (nSPS) is 20.4. The highest BCUT2D eigenvalue weighted by atomic mass is 16.6. The first-order valence-corrected chi connectivity index (χ1v) is 10.8. The number of carbonyl (C=O) groups is 4. The van der Waals surface area contributed by atoms with Gasteiger partial charge >= 0.3 is 17.9 Å². The number of methoxy groups -OCH3 is 4. The Morgan fingerprint density at radius 2 is 1.53 bits per heavy atom. The summed E-state index contributed by atoms with van der Waals surface area (Å²) < 4.78 is 25.7. The molecule has 3 atom stereocenters. The molecule has 192 valence electrons. The van der Waals surface area contributed by atoms with Crippen molar-refractivity contribution in [2.45, 2.75) is 26.2 Å². The van der Waals surface area contributed by atoms with E-state index in [2.05, 4.69) is 0 Å². The molecule has 0 saturated carbocycles. The molecular formula is C25H26NO10-. The van der Waals surface area contributed by atoms with Crippen LogP contribution in [-0.2, 0) is 38.1 Å². The number of hydrogen-bond acceptors (Lipinski definition) is 11. The Bertz CT molecular complexity index is 1180. The van der Waals surface area contributed by atoms with Gasteiger partial charge in [-0.1, -0.05) is 30.3 Å². The lowest BCUT2D eigenvalue weighted by Crippen LogP contribution is -2.53. The topological polar surface area (TPSA) is 141 Å². The highest BCUT2D eigenvalue weighted by Crippen LogP contribution is 2.44. The molecule has 0 saturated heterocycles. The maximum atomic E-state index is 13.9. The van der Waals surface area contributed by atoms with Gasteiger partial charge in [0.25, 0.3) is 0 Å². The summed E-state index contributed by atoms with van der Waals surface area (Å²) in [5, 5.41) is 13.2. The Labute approximate surface area is 207 Å². The second kappa shape index (κ2) is 10.8. The highest BCUT2D eigenvalue weighted by Gasteiger charge is 2.52. The summed E-state index contributed by atoms with van der Waals surface area (Å²) in [5.41, 5.74) is -1.03. The summed E-state index contributed by atoms with van der Waals surface area (Å²) in [6.07, 6.45) is -2.07. The first-order chi connectivity index (χ1) is 17.1. The van der Waals surface area contributed by atoms with Crippen molar-refractivity contribution in [2.24, 2.45) is 5.92 Å². The van der Waals surface area contributed by atoms with Crippen molar-refractivity contribution in [1.82, 2.24) is 4.90 Å². The minimum Gasteiger partial charge on any atom is -0.831 e. The number of rotatable bonds is 7. The molecule has 3 rings (SSSR count). The fraction of sp³-hybridized carbons (Fsp3) is 0.360. The summed E-state index contributed by atoms with van der Waals surface area (Å²) in [6.45, 7) is 3.17. The zero-order chi connectivity index (χ0) is 26.7. The van der Waals surface area contributed by atoms with Crippen molar-refractivity contribution >= 4 is 23.7 Å². The van der Waals surface area contributed by atoms with E-state index in [1.165, 1.54) is 17.0 Å². The Morgan fingerprint density at radius 1 is 0.917 bits per heavy atom. The lowest BCUT2D eigenvalue weighted by Gasteiger charge is -2.39. The van der Waals surface area contributed by atoms with Gasteiger partial charge in [0.05, 0.1) is 43.7 Å². The van der Waals surface area contributed by atoms with Crippen molar-refractivity contribution in [1.29, 1.82) is 0 Å². The number of hydrogen-bond donors (Lipinski definition) is 0. The largest absolute Gasteiger partial charge is 0.831 e. The van der Waals surface area contributed by atoms with Crippen LogP contribution in [-0.4, -0.2) is 69.4 Å². The van der Waals surface area contributed by atoms with Gasteiger partial charge < -0.3 is 28.8 Å². The van der Waals surface area contributed by atoms with Crippen molar-refractivity contribution in [2.75, 3.05) is 28.4 Å². The van der Waals surface area contributed by atoms with Crippen LogP contribution in [0, 0.1) is 5.92 Å². The minimum atomic E-state index is -2.07. The first kappa shape index (κ1) is 26.6. The SMILES string of the molecule is COC(=O)C1=C(C(=O)OC)C(C([O-])OC)C(C(=O)OC)N2C(C)=C(C)OC2=C1C(=O)c1ccccc1. The van der Waals surface area contributed by atoms with Crippen LogP contribution in [0.3, 0.4) is 0 Å². The molecule has 0 N–H and O–H groups in total. The fourth-order valence-electron chi connectivity index (χ4n) is 4.23. The van der Waals surface area contributed by atoms with Crippen LogP contribution in [0.1, 0.15) is 24.2 Å². The lowest BCUT2D eigenvalue weighted by molar-refractivity contribution is -0.499. The third-order valence-corrected chi connectivity index (χ3v) is 6.05. The predicted molar refractivity (Wildman–Crippen MR) is 120 cm³/mol. The van der Waals surface area contributed by atoms with E-state index >= 15 is 0 Å². The molecule has 0 radical (unpaired) electrons. The number of ether oxygens (including phenoxy) is 5. The zero-order valence-corrected chi connectivity index (χ0v) is 20.6. The lowest BCUT2D eigenvalue weighted by atomic mass is 9.84. The molecule has 0 fully saturated rings. The molecule has 0 aliphatic carbocycles. The van der Waals surface area contributed by atoms with E-state index in [1.807, 2.05) is 0 Å². The molecule has 0 aromatic heterocycles. The number of carbonyl (C=O) groups excluding carboxylic acids is 4. The van der Waals surface area contributed by atoms with Gasteiger partial charge in [-0.15, -0.1) is 0 Å². The van der Waals surface area contributed by atoms with Gasteiger partial charge in [-0.2, -0.15) is 0 Å². The molecule has 11 heteroatoms. The molecule has 0 spiro atoms. The number of allylic oxidation sites excluding steroid dienone is 2. The third-order valence-electron chi connectivity index (χ3n) is 6.05. The quantitative estimate of drug-likeness (QED) is 0.227. The Morgan fingerprint density at radius 3 is 2.06 bits per heavy atom. The maximum Gasteiger partial charge on any atom is 0.339 e. The second-order valence-corrected chi connectivity index (χ2v) is 7.86. The summed E-state index contributed by atoms with van der Waals surface area (Å²) in [7, 11) is 4.26. The van der Waals surface area contributed by atoms with Crippen LogP contribution in [0.2, 0.25) is 0 Å². The Kier molecular flexibility index (Phi) is 7.96. The van der Waals surface area contributed by atoms with E-state index in [4.69, 9.17) is 23.7 Å². The van der Waals surface area contributed by atoms with E-state index in [-0.39, 0.29) is 17.0 Å². The van der Waals surface area contributed by atoms with Gasteiger partial charge in [-0.3, -0.25) is 9.69 Å². The summed E-state index contributed by atoms with van der Waals surface area (Å²) in [4.78, 5) is 54.7. The zero-order valence-electron chi connectivity index (χ0n) is 20.6. The molecule has 2 aliphatic heterocycles. The van der Waals surface area contributed by atoms with E-state index in [0.717, 1.165) is 28.4 Å². The minimum absolute atomic E-state index is 0.148. The van der Waals surface area contributed by atoms with Crippen LogP contribution in [0.5, 0.6) is 0 Å². The van der Waals surface area contributed by atoms with Crippen molar-refractivity contribution in [3.63, 3.8) is 0 Å². The summed E-state index contributed by atoms with van der Waals surface area (Å²) in [6, 6.07) is 6.36. The average Bonchev–Trinajstić information content (AvgIpc) is 3.11. The molecule has 3 unspecified atom stereocenters. The van der Waals surface area contributed by atoms with Crippen molar-refractivity contribution in [3.05, 3.63) is 70.0 Å². The van der Waals surface area contributed by atoms with E-state index in [0.29, 0.717) is 11.5 Å². The molecule has 0 bridgehead atoms. The predicted octanol–water partition coefficient (Wildman–Crippen LogP) is 0.811. The van der Waals surface area contributed by atoms with Gasteiger partial charge in [0, 0.05) is 18.6 Å². The van der Waals surface area contributed by atoms with Crippen molar-refractivity contribution < 1.29 is 48.0 Å². The third kappa shape index (κ3) is 4.38. The Balaban J connectivity index is 2.56. The van der Waals surface area contributed by atoms with Gasteiger partial charge in [0.1, 0.15) is 11.8 Å². The molecule has 2 aliphatic rings. The van der Waals surface area contributed by atoms with Crippen LogP contribution in [0.15, 0.2) is 64.4 Å². The van der Waals surface area contributed by atoms with Crippen molar-refractivity contribution in [3.8, 4) is 0 Å². The Hall–Kier alpha value is -3.96. The first-order valence-electron chi connectivity index (χ1n) is 10.8. The maximum absolute atomic E-state index is 13.9. The van der Waals surface area contributed by atoms with Gasteiger partial charge in [-0.05, 0) is 20.1 Å². The number of esters is 3. The smallest absolute Gasteiger partial charge is 0.339 e. The number of benzene rings is 1. The van der Waals surface area contributed by atoms with Crippen LogP contribution in [0.25, 0.3) is 0 Å². The monoisotopic (exact) mass is 500 g/mol. The van der Waals surface area contributed by atoms with E-state index in [9.17, 15) is 24.3 Å². The van der Waals surface area contributed by atoms with Crippen LogP contribution in [0.4, 0.5) is 0 Å². The number of Topliss-reactive ketones (excluding diaryl/α,β-unsaturated/α-hetero) is 1. The molecule has 11 nitrogen and oxygen atoms in total. The van der Waals surface area contributed by atoms with Gasteiger partial charge in [-0.25, -0.2) is 14.4 Å². The molecule has 1 aromatic rings. The standard InChI is InChI=1S/C25H26NO10/c1-12-13(2)36-21-18(20(27)14-10-8-7-9-11-14)16(23(29)33-4)15(22(28)32-3)17(24(30)34-5)19(26(12)21)25(31)35-6/h7-11,17,19,24H,1-6H3/q-1. The number of nitrogens with zero attached hydrogens (tertiary/aromatic N) is 1. The van der Waals surface area contributed by atoms with Crippen LogP contribution >= 0.6 is 0 Å².